The Balaban J connectivity index is 1.74. The summed E-state index contributed by atoms with van der Waals surface area (Å²) in [4.78, 5) is 14.2. The van der Waals surface area contributed by atoms with Gasteiger partial charge in [0.2, 0.25) is 0 Å². The van der Waals surface area contributed by atoms with Crippen LogP contribution in [0.2, 0.25) is 0 Å². The number of rotatable bonds is 5. The summed E-state index contributed by atoms with van der Waals surface area (Å²) in [5.74, 6) is -0.521. The number of nitrogens with zero attached hydrogens (tertiary/aromatic N) is 3. The van der Waals surface area contributed by atoms with Crippen LogP contribution in [0.4, 0.5) is 4.39 Å². The standard InChI is InChI=1S/C16H16FN3O2/c17-13-3-1-11(2-4-13)15(21)10-20(14-5-6-14)16(22)12-7-8-18-19-9-12/h1-4,7-9,14-15,21H,5-6,10H2. The molecule has 1 heterocycles. The fraction of sp³-hybridized carbons (Fsp3) is 0.312. The number of aliphatic hydroxyl groups excluding tert-OH is 1. The maximum Gasteiger partial charge on any atom is 0.255 e. The Morgan fingerprint density at radius 2 is 2.00 bits per heavy atom. The number of aromatic nitrogens is 2. The summed E-state index contributed by atoms with van der Waals surface area (Å²) < 4.78 is 12.9. The minimum absolute atomic E-state index is 0.149. The fourth-order valence-electron chi connectivity index (χ4n) is 2.34. The van der Waals surface area contributed by atoms with Gasteiger partial charge in [0.15, 0.2) is 0 Å². The highest BCUT2D eigenvalue weighted by Gasteiger charge is 2.34. The van der Waals surface area contributed by atoms with Gasteiger partial charge in [0.25, 0.3) is 5.91 Å². The van der Waals surface area contributed by atoms with Gasteiger partial charge in [0.05, 0.1) is 30.6 Å². The number of aliphatic hydroxyl groups is 1. The molecule has 1 aromatic carbocycles. The third kappa shape index (κ3) is 3.28. The van der Waals surface area contributed by atoms with Gasteiger partial charge < -0.3 is 10.0 Å². The molecule has 6 heteroatoms. The summed E-state index contributed by atoms with van der Waals surface area (Å²) in [5.41, 5.74) is 1.04. The van der Waals surface area contributed by atoms with E-state index in [1.807, 2.05) is 0 Å². The molecule has 1 amide bonds. The fourth-order valence-corrected chi connectivity index (χ4v) is 2.34. The van der Waals surface area contributed by atoms with Crippen molar-refractivity contribution in [1.29, 1.82) is 0 Å². The Morgan fingerprint density at radius 1 is 1.27 bits per heavy atom. The molecular formula is C16H16FN3O2. The van der Waals surface area contributed by atoms with Gasteiger partial charge in [-0.3, -0.25) is 4.79 Å². The molecule has 0 bridgehead atoms. The van der Waals surface area contributed by atoms with Gasteiger partial charge in [-0.15, -0.1) is 0 Å². The van der Waals surface area contributed by atoms with E-state index in [-0.39, 0.29) is 24.3 Å². The zero-order valence-corrected chi connectivity index (χ0v) is 11.9. The Hall–Kier alpha value is -2.34. The average Bonchev–Trinajstić information content (AvgIpc) is 3.38. The van der Waals surface area contributed by atoms with Gasteiger partial charge in [-0.2, -0.15) is 10.2 Å². The van der Waals surface area contributed by atoms with Crippen molar-refractivity contribution >= 4 is 5.91 Å². The minimum Gasteiger partial charge on any atom is -0.387 e. The molecule has 2 aromatic rings. The third-order valence-corrected chi connectivity index (χ3v) is 3.70. The molecule has 0 aliphatic heterocycles. The van der Waals surface area contributed by atoms with Crippen LogP contribution in [0.15, 0.2) is 42.7 Å². The third-order valence-electron chi connectivity index (χ3n) is 3.70. The Morgan fingerprint density at radius 3 is 2.59 bits per heavy atom. The number of hydrogen-bond donors (Lipinski definition) is 1. The molecule has 1 saturated carbocycles. The lowest BCUT2D eigenvalue weighted by molar-refractivity contribution is 0.0602. The van der Waals surface area contributed by atoms with E-state index in [2.05, 4.69) is 10.2 Å². The van der Waals surface area contributed by atoms with Gasteiger partial charge in [0, 0.05) is 6.04 Å². The summed E-state index contributed by atoms with van der Waals surface area (Å²) in [6, 6.07) is 7.42. The van der Waals surface area contributed by atoms with E-state index in [0.717, 1.165) is 12.8 Å². The summed E-state index contributed by atoms with van der Waals surface area (Å²) >= 11 is 0. The second-order valence-corrected chi connectivity index (χ2v) is 5.39. The molecule has 1 N–H and O–H groups in total. The molecule has 1 fully saturated rings. The summed E-state index contributed by atoms with van der Waals surface area (Å²) in [5, 5.41) is 17.7. The van der Waals surface area contributed by atoms with E-state index < -0.39 is 6.10 Å². The van der Waals surface area contributed by atoms with Gasteiger partial charge in [-0.05, 0) is 36.6 Å². The van der Waals surface area contributed by atoms with Crippen LogP contribution in [0.3, 0.4) is 0 Å². The topological polar surface area (TPSA) is 66.3 Å². The normalized spacial score (nSPS) is 15.4. The molecular weight excluding hydrogens is 285 g/mol. The van der Waals surface area contributed by atoms with Crippen molar-refractivity contribution in [2.45, 2.75) is 25.0 Å². The summed E-state index contributed by atoms with van der Waals surface area (Å²) in [7, 11) is 0. The average molecular weight is 301 g/mol. The molecule has 5 nitrogen and oxygen atoms in total. The van der Waals surface area contributed by atoms with E-state index in [4.69, 9.17) is 0 Å². The predicted molar refractivity (Wildman–Crippen MR) is 77.5 cm³/mol. The highest BCUT2D eigenvalue weighted by Crippen LogP contribution is 2.30. The number of carbonyl (C=O) groups is 1. The van der Waals surface area contributed by atoms with E-state index in [1.165, 1.54) is 36.7 Å². The zero-order valence-electron chi connectivity index (χ0n) is 11.9. The molecule has 0 saturated heterocycles. The highest BCUT2D eigenvalue weighted by molar-refractivity contribution is 5.94. The van der Waals surface area contributed by atoms with Crippen molar-refractivity contribution in [3.8, 4) is 0 Å². The van der Waals surface area contributed by atoms with Crippen LogP contribution < -0.4 is 0 Å². The van der Waals surface area contributed by atoms with Crippen molar-refractivity contribution < 1.29 is 14.3 Å². The number of benzene rings is 1. The SMILES string of the molecule is O=C(c1ccnnc1)N(CC(O)c1ccc(F)cc1)C1CC1. The highest BCUT2D eigenvalue weighted by atomic mass is 19.1. The second-order valence-electron chi connectivity index (χ2n) is 5.39. The molecule has 0 radical (unpaired) electrons. The molecule has 1 aliphatic rings. The molecule has 1 unspecified atom stereocenters. The Kier molecular flexibility index (Phi) is 4.11. The number of carbonyl (C=O) groups excluding carboxylic acids is 1. The molecule has 22 heavy (non-hydrogen) atoms. The predicted octanol–water partition coefficient (Wildman–Crippen LogP) is 1.95. The van der Waals surface area contributed by atoms with Gasteiger partial charge in [0.1, 0.15) is 5.82 Å². The largest absolute Gasteiger partial charge is 0.387 e. The van der Waals surface area contributed by atoms with Crippen molar-refractivity contribution in [3.63, 3.8) is 0 Å². The molecule has 3 rings (SSSR count). The van der Waals surface area contributed by atoms with Crippen molar-refractivity contribution in [2.75, 3.05) is 6.54 Å². The van der Waals surface area contributed by atoms with Crippen LogP contribution >= 0.6 is 0 Å². The Labute approximate surface area is 127 Å². The molecule has 1 aliphatic carbocycles. The second kappa shape index (κ2) is 6.19. The van der Waals surface area contributed by atoms with Crippen LogP contribution in [0.5, 0.6) is 0 Å². The van der Waals surface area contributed by atoms with Gasteiger partial charge in [-0.1, -0.05) is 12.1 Å². The smallest absolute Gasteiger partial charge is 0.255 e. The quantitative estimate of drug-likeness (QED) is 0.916. The Bertz CT molecular complexity index is 644. The van der Waals surface area contributed by atoms with Crippen LogP contribution in [-0.2, 0) is 0 Å². The summed E-state index contributed by atoms with van der Waals surface area (Å²) in [6.07, 6.45) is 3.90. The molecule has 114 valence electrons. The lowest BCUT2D eigenvalue weighted by atomic mass is 10.1. The van der Waals surface area contributed by atoms with Crippen LogP contribution in [0.25, 0.3) is 0 Å². The van der Waals surface area contributed by atoms with E-state index in [9.17, 15) is 14.3 Å². The first kappa shape index (κ1) is 14.6. The van der Waals surface area contributed by atoms with E-state index in [1.54, 1.807) is 11.0 Å². The number of hydrogen-bond acceptors (Lipinski definition) is 4. The molecule has 1 atom stereocenters. The first-order valence-electron chi connectivity index (χ1n) is 7.16. The van der Waals surface area contributed by atoms with Gasteiger partial charge in [-0.25, -0.2) is 4.39 Å². The van der Waals surface area contributed by atoms with Crippen LogP contribution in [0, 0.1) is 5.82 Å². The summed E-state index contributed by atoms with van der Waals surface area (Å²) in [6.45, 7) is 0.178. The van der Waals surface area contributed by atoms with E-state index in [0.29, 0.717) is 11.1 Å². The first-order chi connectivity index (χ1) is 10.6. The number of halogens is 1. The van der Waals surface area contributed by atoms with Crippen molar-refractivity contribution in [2.24, 2.45) is 0 Å². The maximum absolute atomic E-state index is 12.9. The maximum atomic E-state index is 12.9. The van der Waals surface area contributed by atoms with Crippen LogP contribution in [-0.4, -0.2) is 38.7 Å². The van der Waals surface area contributed by atoms with Crippen molar-refractivity contribution in [1.82, 2.24) is 15.1 Å². The van der Waals surface area contributed by atoms with E-state index >= 15 is 0 Å². The lowest BCUT2D eigenvalue weighted by Crippen LogP contribution is -2.36. The number of amides is 1. The lowest BCUT2D eigenvalue weighted by Gasteiger charge is -2.25. The minimum atomic E-state index is -0.847. The molecule has 0 spiro atoms. The van der Waals surface area contributed by atoms with Crippen molar-refractivity contribution in [3.05, 3.63) is 59.7 Å². The van der Waals surface area contributed by atoms with Crippen LogP contribution in [0.1, 0.15) is 34.9 Å². The monoisotopic (exact) mass is 301 g/mol. The first-order valence-corrected chi connectivity index (χ1v) is 7.16. The zero-order chi connectivity index (χ0) is 15.5. The van der Waals surface area contributed by atoms with Gasteiger partial charge >= 0.3 is 0 Å². The molecule has 1 aromatic heterocycles.